The van der Waals surface area contributed by atoms with Gasteiger partial charge >= 0.3 is 0 Å². The van der Waals surface area contributed by atoms with Crippen LogP contribution in [0.3, 0.4) is 0 Å². The zero-order chi connectivity index (χ0) is 11.2. The topological polar surface area (TPSA) is 50.9 Å². The lowest BCUT2D eigenvalue weighted by Gasteiger charge is -2.22. The molecule has 0 amide bonds. The zero-order valence-electron chi connectivity index (χ0n) is 9.78. The third-order valence-electron chi connectivity index (χ3n) is 3.25. The van der Waals surface area contributed by atoms with Crippen molar-refractivity contribution < 1.29 is 0 Å². The predicted molar refractivity (Wildman–Crippen MR) is 65.8 cm³/mol. The summed E-state index contributed by atoms with van der Waals surface area (Å²) in [6.45, 7) is 1.40. The summed E-state index contributed by atoms with van der Waals surface area (Å²) in [6.07, 6.45) is 6.77. The molecule has 3 heteroatoms. The van der Waals surface area contributed by atoms with E-state index in [0.29, 0.717) is 12.6 Å². The van der Waals surface area contributed by atoms with Gasteiger partial charge in [0.15, 0.2) is 0 Å². The first-order chi connectivity index (χ1) is 7.88. The van der Waals surface area contributed by atoms with Gasteiger partial charge in [-0.05, 0) is 25.0 Å². The second kappa shape index (κ2) is 5.97. The number of aromatic nitrogens is 1. The van der Waals surface area contributed by atoms with Crippen molar-refractivity contribution in [1.82, 2.24) is 10.3 Å². The highest BCUT2D eigenvalue weighted by atomic mass is 14.9. The molecule has 1 aliphatic rings. The maximum absolute atomic E-state index is 5.57. The van der Waals surface area contributed by atoms with Crippen LogP contribution >= 0.6 is 0 Å². The number of hydrogen-bond acceptors (Lipinski definition) is 3. The van der Waals surface area contributed by atoms with Gasteiger partial charge in [-0.1, -0.05) is 25.3 Å². The quantitative estimate of drug-likeness (QED) is 0.814. The summed E-state index contributed by atoms with van der Waals surface area (Å²) < 4.78 is 0. The second-order valence-electron chi connectivity index (χ2n) is 4.54. The average molecular weight is 219 g/mol. The smallest absolute Gasteiger partial charge is 0.0545 e. The van der Waals surface area contributed by atoms with Crippen molar-refractivity contribution in [3.05, 3.63) is 29.6 Å². The van der Waals surface area contributed by atoms with Gasteiger partial charge in [0, 0.05) is 19.1 Å². The summed E-state index contributed by atoms with van der Waals surface area (Å²) in [5.74, 6) is 0. The number of nitrogens with two attached hydrogens (primary N) is 1. The number of nitrogens with zero attached hydrogens (tertiary/aromatic N) is 1. The molecular weight excluding hydrogens is 198 g/mol. The van der Waals surface area contributed by atoms with Gasteiger partial charge < -0.3 is 11.1 Å². The van der Waals surface area contributed by atoms with Crippen molar-refractivity contribution in [3.63, 3.8) is 0 Å². The molecule has 0 radical (unpaired) electrons. The monoisotopic (exact) mass is 219 g/mol. The molecule has 0 bridgehead atoms. The Morgan fingerprint density at radius 1 is 1.19 bits per heavy atom. The van der Waals surface area contributed by atoms with Crippen LogP contribution < -0.4 is 11.1 Å². The fraction of sp³-hybridized carbons (Fsp3) is 0.615. The van der Waals surface area contributed by atoms with Crippen LogP contribution in [0.15, 0.2) is 18.2 Å². The lowest BCUT2D eigenvalue weighted by molar-refractivity contribution is 0.371. The number of pyridine rings is 1. The van der Waals surface area contributed by atoms with Gasteiger partial charge in [0.2, 0.25) is 0 Å². The molecule has 1 aromatic heterocycles. The molecule has 1 aromatic rings. The third-order valence-corrected chi connectivity index (χ3v) is 3.25. The van der Waals surface area contributed by atoms with Crippen LogP contribution in [0.25, 0.3) is 0 Å². The molecular formula is C13H21N3. The summed E-state index contributed by atoms with van der Waals surface area (Å²) in [5.41, 5.74) is 7.65. The number of rotatable bonds is 4. The Labute approximate surface area is 97.5 Å². The summed E-state index contributed by atoms with van der Waals surface area (Å²) in [7, 11) is 0. The maximum Gasteiger partial charge on any atom is 0.0545 e. The molecule has 0 saturated heterocycles. The first kappa shape index (κ1) is 11.6. The normalized spacial score (nSPS) is 17.6. The van der Waals surface area contributed by atoms with E-state index < -0.39 is 0 Å². The predicted octanol–water partition coefficient (Wildman–Crippen LogP) is 1.96. The Morgan fingerprint density at radius 2 is 1.94 bits per heavy atom. The number of hydrogen-bond donors (Lipinski definition) is 2. The van der Waals surface area contributed by atoms with Crippen LogP contribution in [0.2, 0.25) is 0 Å². The van der Waals surface area contributed by atoms with Gasteiger partial charge in [0.1, 0.15) is 0 Å². The molecule has 1 heterocycles. The molecule has 3 N–H and O–H groups in total. The van der Waals surface area contributed by atoms with Gasteiger partial charge in [-0.15, -0.1) is 0 Å². The van der Waals surface area contributed by atoms with Gasteiger partial charge in [-0.2, -0.15) is 0 Å². The first-order valence-corrected chi connectivity index (χ1v) is 6.27. The Hall–Kier alpha value is -0.930. The fourth-order valence-corrected chi connectivity index (χ4v) is 2.30. The van der Waals surface area contributed by atoms with E-state index in [1.54, 1.807) is 0 Å². The maximum atomic E-state index is 5.57. The molecule has 0 unspecified atom stereocenters. The zero-order valence-corrected chi connectivity index (χ0v) is 9.78. The number of nitrogens with one attached hydrogen (secondary N) is 1. The second-order valence-corrected chi connectivity index (χ2v) is 4.54. The van der Waals surface area contributed by atoms with Crippen LogP contribution in [0.4, 0.5) is 0 Å². The summed E-state index contributed by atoms with van der Waals surface area (Å²) in [6, 6.07) is 6.77. The third kappa shape index (κ3) is 3.29. The molecule has 1 aliphatic carbocycles. The van der Waals surface area contributed by atoms with Crippen molar-refractivity contribution in [2.75, 3.05) is 0 Å². The van der Waals surface area contributed by atoms with Gasteiger partial charge in [-0.25, -0.2) is 0 Å². The van der Waals surface area contributed by atoms with E-state index in [9.17, 15) is 0 Å². The van der Waals surface area contributed by atoms with Crippen molar-refractivity contribution in [2.24, 2.45) is 5.73 Å². The van der Waals surface area contributed by atoms with Crippen molar-refractivity contribution in [2.45, 2.75) is 51.2 Å². The molecule has 0 spiro atoms. The Balaban J connectivity index is 1.83. The van der Waals surface area contributed by atoms with Crippen LogP contribution in [-0.2, 0) is 13.1 Å². The van der Waals surface area contributed by atoms with Crippen LogP contribution in [0.1, 0.15) is 43.5 Å². The van der Waals surface area contributed by atoms with E-state index in [1.165, 1.54) is 32.1 Å². The largest absolute Gasteiger partial charge is 0.325 e. The summed E-state index contributed by atoms with van der Waals surface area (Å²) >= 11 is 0. The van der Waals surface area contributed by atoms with Crippen molar-refractivity contribution >= 4 is 0 Å². The minimum atomic E-state index is 0.525. The molecule has 16 heavy (non-hydrogen) atoms. The van der Waals surface area contributed by atoms with Crippen molar-refractivity contribution in [3.8, 4) is 0 Å². The first-order valence-electron chi connectivity index (χ1n) is 6.27. The van der Waals surface area contributed by atoms with Crippen molar-refractivity contribution in [1.29, 1.82) is 0 Å². The molecule has 0 aromatic carbocycles. The molecule has 3 nitrogen and oxygen atoms in total. The summed E-state index contributed by atoms with van der Waals surface area (Å²) in [4.78, 5) is 4.49. The van der Waals surface area contributed by atoms with Crippen LogP contribution in [-0.4, -0.2) is 11.0 Å². The Bertz CT molecular complexity index is 319. The lowest BCUT2D eigenvalue weighted by Crippen LogP contribution is -2.30. The lowest BCUT2D eigenvalue weighted by atomic mass is 9.95. The molecule has 2 rings (SSSR count). The Kier molecular flexibility index (Phi) is 4.31. The average Bonchev–Trinajstić information content (AvgIpc) is 2.38. The van der Waals surface area contributed by atoms with E-state index >= 15 is 0 Å². The van der Waals surface area contributed by atoms with E-state index in [2.05, 4.69) is 16.4 Å². The van der Waals surface area contributed by atoms with E-state index in [-0.39, 0.29) is 0 Å². The standard InChI is InChI=1S/C13H21N3/c14-9-12-7-4-8-13(16-12)10-15-11-5-2-1-3-6-11/h4,7-8,11,15H,1-3,5-6,9-10,14H2. The fourth-order valence-electron chi connectivity index (χ4n) is 2.30. The van der Waals surface area contributed by atoms with Gasteiger partial charge in [-0.3, -0.25) is 4.98 Å². The minimum absolute atomic E-state index is 0.525. The highest BCUT2D eigenvalue weighted by molar-refractivity contribution is 5.10. The van der Waals surface area contributed by atoms with E-state index in [1.807, 2.05) is 12.1 Å². The minimum Gasteiger partial charge on any atom is -0.325 e. The van der Waals surface area contributed by atoms with Crippen LogP contribution in [0.5, 0.6) is 0 Å². The molecule has 0 atom stereocenters. The van der Waals surface area contributed by atoms with Gasteiger partial charge in [0.05, 0.1) is 11.4 Å². The molecule has 88 valence electrons. The Morgan fingerprint density at radius 3 is 2.69 bits per heavy atom. The molecule has 1 fully saturated rings. The van der Waals surface area contributed by atoms with Crippen LogP contribution in [0, 0.1) is 0 Å². The van der Waals surface area contributed by atoms with E-state index in [4.69, 9.17) is 5.73 Å². The SMILES string of the molecule is NCc1cccc(CNC2CCCCC2)n1. The summed E-state index contributed by atoms with van der Waals surface area (Å²) in [5, 5.41) is 3.59. The molecule has 1 saturated carbocycles. The van der Waals surface area contributed by atoms with Gasteiger partial charge in [0.25, 0.3) is 0 Å². The highest BCUT2D eigenvalue weighted by Crippen LogP contribution is 2.17. The van der Waals surface area contributed by atoms with E-state index in [0.717, 1.165) is 17.9 Å². The molecule has 0 aliphatic heterocycles. The highest BCUT2D eigenvalue weighted by Gasteiger charge is 2.12.